The minimum Gasteiger partial charge on any atom is -0.435 e. The first-order chi connectivity index (χ1) is 19.8. The van der Waals surface area contributed by atoms with Gasteiger partial charge in [-0.3, -0.25) is 4.57 Å². The number of rotatable bonds is 11. The van der Waals surface area contributed by atoms with Crippen molar-refractivity contribution in [2.45, 2.75) is 31.1 Å². The fraction of sp³-hybridized carbons (Fsp3) is 0.214. The summed E-state index contributed by atoms with van der Waals surface area (Å²) in [4.78, 5) is 36.3. The molecule has 0 atom stereocenters. The quantitative estimate of drug-likeness (QED) is 0.226. The summed E-state index contributed by atoms with van der Waals surface area (Å²) in [6.45, 7) is -2.19. The maximum Gasteiger partial charge on any atom is 0.387 e. The van der Waals surface area contributed by atoms with Crippen LogP contribution in [0.1, 0.15) is 11.1 Å². The number of nitrogens with one attached hydrogen (secondary N) is 1. The zero-order chi connectivity index (χ0) is 28.9. The van der Waals surface area contributed by atoms with Crippen LogP contribution in [-0.4, -0.2) is 43.1 Å². The number of nitrogen functional groups attached to an aromatic ring is 1. The molecule has 0 spiro atoms. The molecule has 0 radical (unpaired) electrons. The lowest BCUT2D eigenvalue weighted by molar-refractivity contribution is -0.0498. The lowest BCUT2D eigenvalue weighted by atomic mass is 10.2. The molecule has 0 aliphatic heterocycles. The van der Waals surface area contributed by atoms with E-state index < -0.39 is 18.0 Å². The van der Waals surface area contributed by atoms with Crippen molar-refractivity contribution in [1.82, 2.24) is 23.7 Å². The highest BCUT2D eigenvalue weighted by Crippen LogP contribution is 2.19. The molecule has 2 heterocycles. The highest BCUT2D eigenvalue weighted by Gasteiger charge is 2.15. The summed E-state index contributed by atoms with van der Waals surface area (Å²) in [5.74, 6) is 0.411. The molecule has 5 aromatic rings. The molecule has 0 unspecified atom stereocenters. The number of hydrogen-bond donors (Lipinski definition) is 2. The number of anilines is 2. The predicted molar refractivity (Wildman–Crippen MR) is 155 cm³/mol. The maximum absolute atomic E-state index is 13.7. The number of ether oxygens (including phenoxy) is 1. The standard InChI is InChI=1S/C28H27F2N7O3S/c1-41-21-12-8-19(9-13-21)17-37-27(38)34-26(32-14-15-35-23-5-3-2-4-22(23)33-25(35)31)36(28(37)39)16-18-6-10-20(11-7-18)40-24(29)30/h2-13,24H,14-17H2,1H3,(H2,31,33)(H,32,34,38). The van der Waals surface area contributed by atoms with Crippen molar-refractivity contribution < 1.29 is 13.5 Å². The Hall–Kier alpha value is -4.65. The van der Waals surface area contributed by atoms with Crippen molar-refractivity contribution in [1.29, 1.82) is 0 Å². The van der Waals surface area contributed by atoms with Crippen LogP contribution < -0.4 is 27.2 Å². The molecule has 0 saturated heterocycles. The van der Waals surface area contributed by atoms with Gasteiger partial charge in [0, 0.05) is 18.0 Å². The van der Waals surface area contributed by atoms with Crippen molar-refractivity contribution in [2.24, 2.45) is 0 Å². The molecule has 0 fully saturated rings. The number of hydrogen-bond acceptors (Lipinski definition) is 8. The SMILES string of the molecule is CSc1ccc(Cn2c(=O)nc(NCCn3c(N)nc4ccccc43)n(Cc3ccc(OC(F)F)cc3)c2=O)cc1. The van der Waals surface area contributed by atoms with E-state index in [1.165, 1.54) is 16.7 Å². The van der Waals surface area contributed by atoms with Gasteiger partial charge in [-0.2, -0.15) is 13.8 Å². The summed E-state index contributed by atoms with van der Waals surface area (Å²) in [5.41, 5.74) is 7.85. The zero-order valence-electron chi connectivity index (χ0n) is 22.0. The molecule has 0 amide bonds. The van der Waals surface area contributed by atoms with Crippen LogP contribution in [0.25, 0.3) is 11.0 Å². The Morgan fingerprint density at radius 3 is 2.24 bits per heavy atom. The average molecular weight is 580 g/mol. The summed E-state index contributed by atoms with van der Waals surface area (Å²) >= 11 is 1.59. The van der Waals surface area contributed by atoms with Gasteiger partial charge in [0.1, 0.15) is 5.75 Å². The van der Waals surface area contributed by atoms with E-state index in [1.54, 1.807) is 23.9 Å². The number of nitrogens with two attached hydrogens (primary N) is 1. The molecular formula is C28H27F2N7O3S. The van der Waals surface area contributed by atoms with E-state index in [0.29, 0.717) is 18.1 Å². The lowest BCUT2D eigenvalue weighted by Crippen LogP contribution is -2.43. The molecule has 0 saturated carbocycles. The number of imidazole rings is 1. The van der Waals surface area contributed by atoms with Gasteiger partial charge in [0.2, 0.25) is 11.9 Å². The van der Waals surface area contributed by atoms with Crippen LogP contribution >= 0.6 is 11.8 Å². The van der Waals surface area contributed by atoms with Gasteiger partial charge in [0.15, 0.2) is 0 Å². The fourth-order valence-corrected chi connectivity index (χ4v) is 4.83. The Balaban J connectivity index is 1.45. The molecular weight excluding hydrogens is 552 g/mol. The van der Waals surface area contributed by atoms with Crippen LogP contribution in [0.3, 0.4) is 0 Å². The van der Waals surface area contributed by atoms with Gasteiger partial charge < -0.3 is 20.4 Å². The molecule has 0 bridgehead atoms. The molecule has 0 aliphatic carbocycles. The second-order valence-electron chi connectivity index (χ2n) is 9.08. The molecule has 10 nitrogen and oxygen atoms in total. The topological polar surface area (TPSA) is 122 Å². The third-order valence-electron chi connectivity index (χ3n) is 6.44. The van der Waals surface area contributed by atoms with E-state index in [-0.39, 0.29) is 31.3 Å². The van der Waals surface area contributed by atoms with E-state index in [9.17, 15) is 18.4 Å². The van der Waals surface area contributed by atoms with E-state index >= 15 is 0 Å². The minimum atomic E-state index is -2.95. The number of halogens is 2. The van der Waals surface area contributed by atoms with E-state index in [4.69, 9.17) is 5.73 Å². The Labute approximate surface area is 237 Å². The zero-order valence-corrected chi connectivity index (χ0v) is 22.9. The van der Waals surface area contributed by atoms with Gasteiger partial charge in [0.05, 0.1) is 24.1 Å². The Kier molecular flexibility index (Phi) is 8.34. The monoisotopic (exact) mass is 579 g/mol. The largest absolute Gasteiger partial charge is 0.435 e. The van der Waals surface area contributed by atoms with E-state index in [1.807, 2.05) is 59.4 Å². The summed E-state index contributed by atoms with van der Waals surface area (Å²) < 4.78 is 33.8. The molecule has 5 rings (SSSR count). The second kappa shape index (κ2) is 12.3. The molecule has 0 aliphatic rings. The van der Waals surface area contributed by atoms with Gasteiger partial charge in [-0.1, -0.05) is 36.4 Å². The van der Waals surface area contributed by atoms with Crippen LogP contribution in [0.4, 0.5) is 20.7 Å². The molecule has 2 aromatic heterocycles. The Morgan fingerprint density at radius 2 is 1.56 bits per heavy atom. The summed E-state index contributed by atoms with van der Waals surface area (Å²) in [7, 11) is 0. The number of aromatic nitrogens is 5. The number of benzene rings is 3. The lowest BCUT2D eigenvalue weighted by Gasteiger charge is -2.16. The summed E-state index contributed by atoms with van der Waals surface area (Å²) in [5, 5.41) is 3.10. The first-order valence-corrected chi connectivity index (χ1v) is 13.9. The molecule has 3 N–H and O–H groups in total. The van der Waals surface area contributed by atoms with Gasteiger partial charge in [-0.25, -0.2) is 19.1 Å². The van der Waals surface area contributed by atoms with Crippen LogP contribution in [-0.2, 0) is 19.6 Å². The van der Waals surface area contributed by atoms with Crippen LogP contribution in [0.15, 0.2) is 87.3 Å². The van der Waals surface area contributed by atoms with Gasteiger partial charge >= 0.3 is 18.0 Å². The third-order valence-corrected chi connectivity index (χ3v) is 7.19. The van der Waals surface area contributed by atoms with Crippen molar-refractivity contribution in [3.63, 3.8) is 0 Å². The van der Waals surface area contributed by atoms with Crippen molar-refractivity contribution in [3.8, 4) is 5.75 Å². The predicted octanol–water partition coefficient (Wildman–Crippen LogP) is 3.87. The summed E-state index contributed by atoms with van der Waals surface area (Å²) in [6, 6.07) is 21.0. The first kappa shape index (κ1) is 27.9. The van der Waals surface area contributed by atoms with Crippen LogP contribution in [0.5, 0.6) is 5.75 Å². The number of alkyl halides is 2. The van der Waals surface area contributed by atoms with Crippen LogP contribution in [0, 0.1) is 0 Å². The molecule has 41 heavy (non-hydrogen) atoms. The average Bonchev–Trinajstić information content (AvgIpc) is 3.28. The number of para-hydroxylation sites is 2. The second-order valence-corrected chi connectivity index (χ2v) is 9.96. The number of fused-ring (bicyclic) bond motifs is 1. The molecule has 3 aromatic carbocycles. The van der Waals surface area contributed by atoms with Crippen LogP contribution in [0.2, 0.25) is 0 Å². The smallest absolute Gasteiger partial charge is 0.387 e. The van der Waals surface area contributed by atoms with E-state index in [2.05, 4.69) is 20.0 Å². The molecule has 13 heteroatoms. The third kappa shape index (κ3) is 6.40. The highest BCUT2D eigenvalue weighted by atomic mass is 32.2. The number of nitrogens with zero attached hydrogens (tertiary/aromatic N) is 5. The molecule has 212 valence electrons. The summed E-state index contributed by atoms with van der Waals surface area (Å²) in [6.07, 6.45) is 1.96. The Bertz CT molecular complexity index is 1770. The highest BCUT2D eigenvalue weighted by molar-refractivity contribution is 7.98. The van der Waals surface area contributed by atoms with Gasteiger partial charge in [-0.05, 0) is 53.8 Å². The minimum absolute atomic E-state index is 0.00335. The van der Waals surface area contributed by atoms with Crippen molar-refractivity contribution >= 4 is 34.7 Å². The first-order valence-electron chi connectivity index (χ1n) is 12.7. The van der Waals surface area contributed by atoms with E-state index in [0.717, 1.165) is 26.1 Å². The fourth-order valence-electron chi connectivity index (χ4n) is 4.42. The van der Waals surface area contributed by atoms with Gasteiger partial charge in [0.25, 0.3) is 0 Å². The van der Waals surface area contributed by atoms with Crippen molar-refractivity contribution in [3.05, 3.63) is 105 Å². The Morgan fingerprint density at radius 1 is 0.902 bits per heavy atom. The number of thioether (sulfide) groups is 1. The van der Waals surface area contributed by atoms with Crippen molar-refractivity contribution in [2.75, 3.05) is 23.9 Å². The maximum atomic E-state index is 13.7. The van der Waals surface area contributed by atoms with Gasteiger partial charge in [-0.15, -0.1) is 11.8 Å². The normalized spacial score (nSPS) is 11.3.